The molecule has 0 spiro atoms. The summed E-state index contributed by atoms with van der Waals surface area (Å²) in [6.45, 7) is 13.2. The van der Waals surface area contributed by atoms with Crippen LogP contribution in [0, 0.1) is 13.0 Å². The fourth-order valence-electron chi connectivity index (χ4n) is 4.20. The number of aryl methyl sites for hydroxylation is 1. The molecule has 212 valence electrons. The van der Waals surface area contributed by atoms with Gasteiger partial charge in [-0.15, -0.1) is 64.2 Å². The van der Waals surface area contributed by atoms with E-state index in [1.807, 2.05) is 30.3 Å². The monoisotopic (exact) mass is 671 g/mol. The van der Waals surface area contributed by atoms with E-state index >= 15 is 0 Å². The Morgan fingerprint density at radius 1 is 0.756 bits per heavy atom. The molecule has 6 aromatic rings. The Morgan fingerprint density at radius 2 is 1.37 bits per heavy atom. The molecule has 41 heavy (non-hydrogen) atoms. The van der Waals surface area contributed by atoms with Crippen molar-refractivity contribution in [3.8, 4) is 11.1 Å². The maximum atomic E-state index is 4.93. The standard InChI is InChI=1S/C20H21.C9H7.C6H5.C2H6Si.2ClH.Zr/c1-14-12-16-6-5-7-18(19(16)13-14)15-8-10-17(11-9-15)20(2,3)4;1-2-5-9-7-3-6-8(9)4-1;1-2-4-6-5-3-1;1-3-2;;;/h5-13H,1-4H3;1-7H;1-5H;1-2H3;2*1H;/q3*-1;;;;+2/p-2. The third-order valence-electron chi connectivity index (χ3n) is 6.11. The molecule has 0 nitrogen and oxygen atoms in total. The normalized spacial score (nSPS) is 10.0. The second-order valence-corrected chi connectivity index (χ2v) is 15.2. The van der Waals surface area contributed by atoms with E-state index in [0.717, 1.165) is 9.52 Å². The molecule has 6 rings (SSSR count). The Bertz CT molecular complexity index is 1450. The first kappa shape index (κ1) is 35.0. The second-order valence-electron chi connectivity index (χ2n) is 10.5. The molecule has 2 radical (unpaired) electrons. The third kappa shape index (κ3) is 12.3. The molecule has 0 aromatic heterocycles. The molecule has 0 aliphatic rings. The van der Waals surface area contributed by atoms with E-state index in [-0.39, 0.29) is 5.41 Å². The van der Waals surface area contributed by atoms with Crippen molar-refractivity contribution >= 4 is 48.1 Å². The van der Waals surface area contributed by atoms with Crippen molar-refractivity contribution in [2.24, 2.45) is 0 Å². The minimum atomic E-state index is -0.826. The van der Waals surface area contributed by atoms with Crippen molar-refractivity contribution in [1.82, 2.24) is 0 Å². The van der Waals surface area contributed by atoms with Crippen LogP contribution in [0.25, 0.3) is 32.7 Å². The van der Waals surface area contributed by atoms with Crippen LogP contribution in [0.1, 0.15) is 31.9 Å². The van der Waals surface area contributed by atoms with Crippen LogP contribution >= 0.6 is 17.0 Å². The Labute approximate surface area is 269 Å². The van der Waals surface area contributed by atoms with E-state index in [2.05, 4.69) is 144 Å². The van der Waals surface area contributed by atoms with Crippen LogP contribution in [-0.4, -0.2) is 9.52 Å². The topological polar surface area (TPSA) is 0 Å². The fourth-order valence-corrected chi connectivity index (χ4v) is 4.20. The number of fused-ring (bicyclic) bond motifs is 2. The first-order chi connectivity index (χ1) is 19.7. The first-order valence-electron chi connectivity index (χ1n) is 13.6. The van der Waals surface area contributed by atoms with Gasteiger partial charge in [-0.2, -0.15) is 60.0 Å². The van der Waals surface area contributed by atoms with Gasteiger partial charge in [-0.1, -0.05) is 82.8 Å². The van der Waals surface area contributed by atoms with Gasteiger partial charge in [0.2, 0.25) is 0 Å². The maximum Gasteiger partial charge on any atom is -0.0809 e. The van der Waals surface area contributed by atoms with E-state index < -0.39 is 20.8 Å². The number of rotatable bonds is 1. The predicted molar refractivity (Wildman–Crippen MR) is 182 cm³/mol. The van der Waals surface area contributed by atoms with Crippen LogP contribution in [0.4, 0.5) is 0 Å². The predicted octanol–water partition coefficient (Wildman–Crippen LogP) is 12.0. The molecule has 4 heteroatoms. The molecule has 0 heterocycles. The van der Waals surface area contributed by atoms with Crippen LogP contribution in [0.15, 0.2) is 127 Å². The quantitative estimate of drug-likeness (QED) is 0.120. The minimum Gasteiger partial charge on any atom is -0.184 e. The van der Waals surface area contributed by atoms with Gasteiger partial charge in [0.15, 0.2) is 0 Å². The van der Waals surface area contributed by atoms with Crippen molar-refractivity contribution in [1.29, 1.82) is 0 Å². The van der Waals surface area contributed by atoms with Gasteiger partial charge in [-0.05, 0) is 16.5 Å². The average molecular weight is 674 g/mol. The molecule has 0 saturated carbocycles. The SMILES string of the molecule is C[Si]C.Cc1cc2c(-c3ccc(C(C)(C)C)cc3)cccc2[cH-]1.[Cl][Zr][Cl].[c-]1ccccc1.c1ccc2[cH-]ccc2c1. The Balaban J connectivity index is 0.000000229. The van der Waals surface area contributed by atoms with Crippen molar-refractivity contribution in [3.63, 3.8) is 0 Å². The molecule has 0 bridgehead atoms. The van der Waals surface area contributed by atoms with Crippen molar-refractivity contribution < 1.29 is 20.8 Å². The molecule has 0 aliphatic heterocycles. The minimum absolute atomic E-state index is 0.210. The van der Waals surface area contributed by atoms with Crippen LogP contribution in [0.3, 0.4) is 0 Å². The summed E-state index contributed by atoms with van der Waals surface area (Å²) in [4.78, 5) is 0. The van der Waals surface area contributed by atoms with Crippen LogP contribution in [0.2, 0.25) is 13.1 Å². The summed E-state index contributed by atoms with van der Waals surface area (Å²) in [6, 6.07) is 47.3. The molecule has 0 atom stereocenters. The van der Waals surface area contributed by atoms with Gasteiger partial charge < -0.3 is 0 Å². The second kappa shape index (κ2) is 19.1. The van der Waals surface area contributed by atoms with Crippen LogP contribution in [-0.2, 0) is 26.3 Å². The van der Waals surface area contributed by atoms with Crippen molar-refractivity contribution in [2.75, 3.05) is 0 Å². The summed E-state index contributed by atoms with van der Waals surface area (Å²) in [5.74, 6) is 0. The number of halogens is 2. The number of hydrogen-bond donors (Lipinski definition) is 0. The van der Waals surface area contributed by atoms with Gasteiger partial charge in [-0.25, -0.2) is 0 Å². The third-order valence-corrected chi connectivity index (χ3v) is 6.11. The smallest absolute Gasteiger partial charge is 0.0809 e. The zero-order valence-corrected chi connectivity index (χ0v) is 29.9. The van der Waals surface area contributed by atoms with E-state index in [4.69, 9.17) is 17.0 Å². The summed E-state index contributed by atoms with van der Waals surface area (Å²) in [5.41, 5.74) is 5.55. The molecular formula is C37H39Cl2SiZr-3. The van der Waals surface area contributed by atoms with Crippen LogP contribution < -0.4 is 0 Å². The largest absolute Gasteiger partial charge is 0.184 e. The van der Waals surface area contributed by atoms with Gasteiger partial charge in [0.05, 0.1) is 0 Å². The number of benzene rings is 4. The summed E-state index contributed by atoms with van der Waals surface area (Å²) in [7, 11) is 11.0. The van der Waals surface area contributed by atoms with E-state index in [1.165, 1.54) is 43.8 Å². The molecule has 0 amide bonds. The van der Waals surface area contributed by atoms with Gasteiger partial charge >= 0.3 is 37.9 Å². The maximum absolute atomic E-state index is 4.93. The average Bonchev–Trinajstić information content (AvgIpc) is 3.61. The Morgan fingerprint density at radius 3 is 1.90 bits per heavy atom. The molecule has 0 N–H and O–H groups in total. The first-order valence-corrected chi connectivity index (χ1v) is 21.9. The fraction of sp³-hybridized carbons (Fsp3) is 0.189. The summed E-state index contributed by atoms with van der Waals surface area (Å²) in [5, 5.41) is 5.35. The van der Waals surface area contributed by atoms with Crippen molar-refractivity contribution in [3.05, 3.63) is 145 Å². The summed E-state index contributed by atoms with van der Waals surface area (Å²) < 4.78 is 0. The number of hydrogen-bond acceptors (Lipinski definition) is 0. The molecule has 0 unspecified atom stereocenters. The van der Waals surface area contributed by atoms with Gasteiger partial charge in [0.1, 0.15) is 0 Å². The van der Waals surface area contributed by atoms with Gasteiger partial charge in [0.25, 0.3) is 0 Å². The van der Waals surface area contributed by atoms with E-state index in [0.29, 0.717) is 0 Å². The summed E-state index contributed by atoms with van der Waals surface area (Å²) in [6.07, 6.45) is 0. The van der Waals surface area contributed by atoms with Crippen molar-refractivity contribution in [2.45, 2.75) is 46.2 Å². The zero-order valence-electron chi connectivity index (χ0n) is 24.9. The van der Waals surface area contributed by atoms with E-state index in [9.17, 15) is 0 Å². The van der Waals surface area contributed by atoms with Crippen LogP contribution in [0.5, 0.6) is 0 Å². The van der Waals surface area contributed by atoms with E-state index in [1.54, 1.807) is 0 Å². The summed E-state index contributed by atoms with van der Waals surface area (Å²) >= 11 is -0.826. The Hall–Kier alpha value is -2.22. The zero-order chi connectivity index (χ0) is 30.1. The molecule has 0 fully saturated rings. The Kier molecular flexibility index (Phi) is 16.3. The molecule has 0 saturated heterocycles. The van der Waals surface area contributed by atoms with Gasteiger partial charge in [-0.3, -0.25) is 0 Å². The van der Waals surface area contributed by atoms with Gasteiger partial charge in [0, 0.05) is 9.52 Å². The molecule has 6 aromatic carbocycles. The molecular weight excluding hydrogens is 635 g/mol. The molecule has 0 aliphatic carbocycles.